The molecule has 0 aliphatic carbocycles. The van der Waals surface area contributed by atoms with Gasteiger partial charge in [-0.25, -0.2) is 0 Å². The summed E-state index contributed by atoms with van der Waals surface area (Å²) in [4.78, 5) is 0. The second-order valence-electron chi connectivity index (χ2n) is 1.78. The van der Waals surface area contributed by atoms with Crippen molar-refractivity contribution in [1.29, 1.82) is 0 Å². The summed E-state index contributed by atoms with van der Waals surface area (Å²) in [7, 11) is 0. The molecule has 0 bridgehead atoms. The second kappa shape index (κ2) is 7.38. The van der Waals surface area contributed by atoms with Gasteiger partial charge < -0.3 is 0 Å². The molecule has 0 aromatic carbocycles. The second-order valence-corrected chi connectivity index (χ2v) is 2.60. The van der Waals surface area contributed by atoms with Crippen LogP contribution in [0, 0.1) is 9.79 Å². The van der Waals surface area contributed by atoms with Crippen LogP contribution >= 0.6 is 0 Å². The van der Waals surface area contributed by atoms with Gasteiger partial charge in [0, 0.05) is 0 Å². The Morgan fingerprint density at radius 2 is 2.12 bits per heavy atom. The summed E-state index contributed by atoms with van der Waals surface area (Å²) in [6.07, 6.45) is 5.07. The molecule has 46 valence electrons. The molecule has 0 radical (unpaired) electrons. The first-order valence-electron chi connectivity index (χ1n) is 3.10. The molecule has 0 N–H and O–H groups in total. The topological polar surface area (TPSA) is 0 Å². The Kier molecular flexibility index (Phi) is 7.73. The summed E-state index contributed by atoms with van der Waals surface area (Å²) in [6.45, 7) is 2.22. The van der Waals surface area contributed by atoms with E-state index < -0.39 is 0 Å². The molecular formula is C7H13Sb. The van der Waals surface area contributed by atoms with Gasteiger partial charge >= 0.3 is 65.4 Å². The standard InChI is InChI=1S/C7H11.Sb.2H/c1-3-5-7-6-4-2;;;/h3,5-7H2,1H3;;;. The van der Waals surface area contributed by atoms with Gasteiger partial charge in [0.05, 0.1) is 0 Å². The van der Waals surface area contributed by atoms with Crippen LogP contribution in [-0.2, 0) is 0 Å². The van der Waals surface area contributed by atoms with Crippen LogP contribution in [0.1, 0.15) is 32.6 Å². The van der Waals surface area contributed by atoms with E-state index in [2.05, 4.69) is 16.7 Å². The first kappa shape index (κ1) is 8.38. The third-order valence-corrected chi connectivity index (χ3v) is 1.59. The van der Waals surface area contributed by atoms with Gasteiger partial charge in [-0.3, -0.25) is 0 Å². The molecule has 8 heavy (non-hydrogen) atoms. The quantitative estimate of drug-likeness (QED) is 0.379. The van der Waals surface area contributed by atoms with Crippen molar-refractivity contribution in [1.82, 2.24) is 0 Å². The Morgan fingerprint density at radius 3 is 2.62 bits per heavy atom. The maximum atomic E-state index is 3.09. The van der Waals surface area contributed by atoms with Crippen LogP contribution in [0.4, 0.5) is 0 Å². The van der Waals surface area contributed by atoms with Crippen LogP contribution in [0.3, 0.4) is 0 Å². The van der Waals surface area contributed by atoms with Crippen LogP contribution in [0.2, 0.25) is 0 Å². The zero-order valence-corrected chi connectivity index (χ0v) is 8.70. The average molecular weight is 219 g/mol. The van der Waals surface area contributed by atoms with Crippen LogP contribution in [-0.4, -0.2) is 23.0 Å². The summed E-state index contributed by atoms with van der Waals surface area (Å²) in [5.41, 5.74) is 0. The van der Waals surface area contributed by atoms with Gasteiger partial charge in [-0.1, -0.05) is 0 Å². The molecule has 0 saturated heterocycles. The van der Waals surface area contributed by atoms with Crippen LogP contribution in [0.25, 0.3) is 0 Å². The Hall–Kier alpha value is 0.378. The van der Waals surface area contributed by atoms with Crippen LogP contribution < -0.4 is 0 Å². The van der Waals surface area contributed by atoms with Crippen LogP contribution in [0.15, 0.2) is 0 Å². The third kappa shape index (κ3) is 6.38. The molecule has 0 amide bonds. The van der Waals surface area contributed by atoms with Crippen molar-refractivity contribution in [2.75, 3.05) is 0 Å². The molecule has 0 aromatic rings. The Bertz CT molecular complexity index is 86.3. The zero-order valence-electron chi connectivity index (χ0n) is 5.41. The van der Waals surface area contributed by atoms with Crippen molar-refractivity contribution in [3.05, 3.63) is 0 Å². The predicted molar refractivity (Wildman–Crippen MR) is 40.5 cm³/mol. The van der Waals surface area contributed by atoms with E-state index in [1.54, 1.807) is 0 Å². The number of rotatable bonds is 3. The summed E-state index contributed by atoms with van der Waals surface area (Å²) in [6, 6.07) is 0. The predicted octanol–water partition coefficient (Wildman–Crippen LogP) is 1.16. The zero-order chi connectivity index (χ0) is 6.24. The molecule has 0 heterocycles. The van der Waals surface area contributed by atoms with E-state index in [0.717, 1.165) is 29.4 Å². The molecule has 0 aromatic heterocycles. The van der Waals surface area contributed by atoms with Crippen molar-refractivity contribution < 1.29 is 0 Å². The van der Waals surface area contributed by atoms with E-state index in [1.807, 2.05) is 0 Å². The van der Waals surface area contributed by atoms with Crippen molar-refractivity contribution >= 4 is 23.0 Å². The van der Waals surface area contributed by atoms with E-state index >= 15 is 0 Å². The third-order valence-electron chi connectivity index (χ3n) is 1.01. The van der Waals surface area contributed by atoms with E-state index in [9.17, 15) is 0 Å². The summed E-state index contributed by atoms with van der Waals surface area (Å²) < 4.78 is 3.01. The number of hydrogen-bond donors (Lipinski definition) is 0. The van der Waals surface area contributed by atoms with Gasteiger partial charge in [0.15, 0.2) is 0 Å². The molecule has 0 saturated carbocycles. The number of hydrogen-bond acceptors (Lipinski definition) is 0. The molecule has 0 aliphatic rings. The SMILES string of the molecule is CCCCCC#[C][SbH2]. The summed E-state index contributed by atoms with van der Waals surface area (Å²) in [5.74, 6) is 3.09. The molecule has 0 spiro atoms. The molecule has 0 nitrogen and oxygen atoms in total. The molecule has 0 atom stereocenters. The van der Waals surface area contributed by atoms with Gasteiger partial charge in [0.1, 0.15) is 0 Å². The first-order chi connectivity index (χ1) is 3.91. The van der Waals surface area contributed by atoms with Crippen LogP contribution in [0.5, 0.6) is 0 Å². The molecular weight excluding hydrogens is 206 g/mol. The average Bonchev–Trinajstić information content (AvgIpc) is 1.81. The molecule has 0 unspecified atom stereocenters. The van der Waals surface area contributed by atoms with E-state index in [0.29, 0.717) is 0 Å². The fraction of sp³-hybridized carbons (Fsp3) is 0.714. The maximum absolute atomic E-state index is 3.09. The van der Waals surface area contributed by atoms with Gasteiger partial charge in [-0.05, 0) is 0 Å². The molecule has 0 fully saturated rings. The molecule has 0 rings (SSSR count). The normalized spacial score (nSPS) is 7.75. The summed E-state index contributed by atoms with van der Waals surface area (Å²) >= 11 is 1.10. The number of unbranched alkanes of at least 4 members (excludes halogenated alkanes) is 3. The van der Waals surface area contributed by atoms with E-state index in [-0.39, 0.29) is 0 Å². The Balaban J connectivity index is 2.79. The first-order valence-corrected chi connectivity index (χ1v) is 4.75. The van der Waals surface area contributed by atoms with Gasteiger partial charge in [-0.2, -0.15) is 0 Å². The minimum absolute atomic E-state index is 1.10. The van der Waals surface area contributed by atoms with E-state index in [4.69, 9.17) is 0 Å². The summed E-state index contributed by atoms with van der Waals surface area (Å²) in [5, 5.41) is 0. The fourth-order valence-electron chi connectivity index (χ4n) is 0.536. The fourth-order valence-corrected chi connectivity index (χ4v) is 0.948. The van der Waals surface area contributed by atoms with Crippen molar-refractivity contribution in [2.45, 2.75) is 32.6 Å². The molecule has 0 aliphatic heterocycles. The van der Waals surface area contributed by atoms with E-state index in [1.165, 1.54) is 19.3 Å². The monoisotopic (exact) mass is 218 g/mol. The molecule has 1 heteroatoms. The van der Waals surface area contributed by atoms with Crippen molar-refractivity contribution in [3.8, 4) is 9.79 Å². The van der Waals surface area contributed by atoms with Gasteiger partial charge in [0.2, 0.25) is 0 Å². The van der Waals surface area contributed by atoms with Gasteiger partial charge in [-0.15, -0.1) is 0 Å². The van der Waals surface area contributed by atoms with Crippen molar-refractivity contribution in [2.24, 2.45) is 0 Å². The Morgan fingerprint density at radius 1 is 1.38 bits per heavy atom. The van der Waals surface area contributed by atoms with Gasteiger partial charge in [0.25, 0.3) is 0 Å². The Labute approximate surface area is 65.5 Å². The van der Waals surface area contributed by atoms with Crippen molar-refractivity contribution in [3.63, 3.8) is 0 Å². The minimum atomic E-state index is 1.10.